The minimum absolute atomic E-state index is 0.168. The van der Waals surface area contributed by atoms with Crippen molar-refractivity contribution < 1.29 is 18.7 Å². The van der Waals surface area contributed by atoms with Gasteiger partial charge in [-0.2, -0.15) is 0 Å². The molecule has 3 rings (SSSR count). The Balaban J connectivity index is 1.69. The first-order valence-corrected chi connectivity index (χ1v) is 8.36. The zero-order valence-corrected chi connectivity index (χ0v) is 13.5. The van der Waals surface area contributed by atoms with Crippen molar-refractivity contribution in [1.82, 2.24) is 4.90 Å². The van der Waals surface area contributed by atoms with Gasteiger partial charge in [-0.1, -0.05) is 30.3 Å². The monoisotopic (exact) mass is 331 g/mol. The molecule has 6 heteroatoms. The minimum atomic E-state index is -0.587. The van der Waals surface area contributed by atoms with Crippen molar-refractivity contribution in [3.63, 3.8) is 0 Å². The predicted octanol–water partition coefficient (Wildman–Crippen LogP) is 2.99. The van der Waals surface area contributed by atoms with Crippen molar-refractivity contribution in [1.29, 1.82) is 0 Å². The van der Waals surface area contributed by atoms with E-state index in [1.807, 2.05) is 36.4 Å². The molecule has 5 nitrogen and oxygen atoms in total. The number of nitrogens with zero attached hydrogens (tertiary/aromatic N) is 1. The highest BCUT2D eigenvalue weighted by molar-refractivity contribution is 7.99. The first kappa shape index (κ1) is 15.7. The second-order valence-corrected chi connectivity index (χ2v) is 6.35. The summed E-state index contributed by atoms with van der Waals surface area (Å²) in [7, 11) is 0. The third kappa shape index (κ3) is 3.42. The van der Waals surface area contributed by atoms with Gasteiger partial charge in [0.1, 0.15) is 23.8 Å². The van der Waals surface area contributed by atoms with Gasteiger partial charge in [0.2, 0.25) is 5.91 Å². The number of thioether (sulfide) groups is 1. The SMILES string of the molecule is CC(=O)N1[C@@H](C(=O)OCc2ccccc2)CS[C@@H]1c1ccco1. The Bertz CT molecular complexity index is 671. The third-order valence-corrected chi connectivity index (χ3v) is 4.93. The predicted molar refractivity (Wildman–Crippen MR) is 86.5 cm³/mol. The van der Waals surface area contributed by atoms with Crippen LogP contribution in [0.1, 0.15) is 23.6 Å². The van der Waals surface area contributed by atoms with E-state index in [2.05, 4.69) is 0 Å². The van der Waals surface area contributed by atoms with Crippen LogP contribution in [-0.2, 0) is 20.9 Å². The van der Waals surface area contributed by atoms with Gasteiger partial charge in [-0.15, -0.1) is 11.8 Å². The maximum Gasteiger partial charge on any atom is 0.330 e. The molecular formula is C17H17NO4S. The Morgan fingerprint density at radius 2 is 2.04 bits per heavy atom. The summed E-state index contributed by atoms with van der Waals surface area (Å²) in [4.78, 5) is 25.9. The van der Waals surface area contributed by atoms with E-state index < -0.39 is 6.04 Å². The molecule has 1 aliphatic heterocycles. The third-order valence-electron chi connectivity index (χ3n) is 3.65. The lowest BCUT2D eigenvalue weighted by atomic mass is 10.2. The molecular weight excluding hydrogens is 314 g/mol. The van der Waals surface area contributed by atoms with E-state index in [-0.39, 0.29) is 23.9 Å². The van der Waals surface area contributed by atoms with Crippen molar-refractivity contribution in [2.24, 2.45) is 0 Å². The summed E-state index contributed by atoms with van der Waals surface area (Å²) in [5.41, 5.74) is 0.920. The Morgan fingerprint density at radius 1 is 1.26 bits per heavy atom. The highest BCUT2D eigenvalue weighted by atomic mass is 32.2. The number of hydrogen-bond acceptors (Lipinski definition) is 5. The number of hydrogen-bond donors (Lipinski definition) is 0. The second kappa shape index (κ2) is 6.91. The maximum atomic E-state index is 12.4. The number of carbonyl (C=O) groups excluding carboxylic acids is 2. The average Bonchev–Trinajstić information content (AvgIpc) is 3.22. The van der Waals surface area contributed by atoms with E-state index in [1.54, 1.807) is 12.3 Å². The summed E-state index contributed by atoms with van der Waals surface area (Å²) in [5.74, 6) is 0.616. The fraction of sp³-hybridized carbons (Fsp3) is 0.294. The first-order valence-electron chi connectivity index (χ1n) is 7.31. The van der Waals surface area contributed by atoms with Crippen LogP contribution in [-0.4, -0.2) is 28.6 Å². The zero-order valence-electron chi connectivity index (χ0n) is 12.7. The van der Waals surface area contributed by atoms with E-state index in [0.717, 1.165) is 5.56 Å². The number of amides is 1. The molecule has 0 radical (unpaired) electrons. The highest BCUT2D eigenvalue weighted by Gasteiger charge is 2.43. The second-order valence-electron chi connectivity index (χ2n) is 5.24. The Labute approximate surface area is 138 Å². The number of furan rings is 1. The van der Waals surface area contributed by atoms with Crippen LogP contribution >= 0.6 is 11.8 Å². The van der Waals surface area contributed by atoms with Crippen molar-refractivity contribution in [2.75, 3.05) is 5.75 Å². The molecule has 1 fully saturated rings. The molecule has 1 saturated heterocycles. The molecule has 0 saturated carbocycles. The largest absolute Gasteiger partial charge is 0.466 e. The normalized spacial score (nSPS) is 20.5. The van der Waals surface area contributed by atoms with E-state index in [4.69, 9.17) is 9.15 Å². The first-order chi connectivity index (χ1) is 11.2. The molecule has 0 aliphatic carbocycles. The van der Waals surface area contributed by atoms with Crippen LogP contribution in [0, 0.1) is 0 Å². The lowest BCUT2D eigenvalue weighted by Gasteiger charge is -2.25. The summed E-state index contributed by atoms with van der Waals surface area (Å²) in [6, 6.07) is 12.5. The molecule has 1 aliphatic rings. The van der Waals surface area contributed by atoms with Gasteiger partial charge in [0.15, 0.2) is 0 Å². The number of benzene rings is 1. The topological polar surface area (TPSA) is 59.8 Å². The summed E-state index contributed by atoms with van der Waals surface area (Å²) >= 11 is 1.51. The quantitative estimate of drug-likeness (QED) is 0.806. The Hall–Kier alpha value is -2.21. The van der Waals surface area contributed by atoms with Crippen LogP contribution < -0.4 is 0 Å². The number of esters is 1. The van der Waals surface area contributed by atoms with Crippen molar-refractivity contribution in [3.8, 4) is 0 Å². The van der Waals surface area contributed by atoms with E-state index in [1.165, 1.54) is 23.6 Å². The molecule has 2 atom stereocenters. The number of carbonyl (C=O) groups is 2. The highest BCUT2D eigenvalue weighted by Crippen LogP contribution is 2.41. The molecule has 120 valence electrons. The van der Waals surface area contributed by atoms with E-state index >= 15 is 0 Å². The van der Waals surface area contributed by atoms with Gasteiger partial charge in [-0.05, 0) is 17.7 Å². The van der Waals surface area contributed by atoms with Gasteiger partial charge >= 0.3 is 5.97 Å². The summed E-state index contributed by atoms with van der Waals surface area (Å²) in [5, 5.41) is -0.281. The molecule has 0 unspecified atom stereocenters. The van der Waals surface area contributed by atoms with Crippen molar-refractivity contribution in [2.45, 2.75) is 24.9 Å². The van der Waals surface area contributed by atoms with Gasteiger partial charge in [-0.25, -0.2) is 4.79 Å². The number of ether oxygens (including phenoxy) is 1. The molecule has 0 spiro atoms. The summed E-state index contributed by atoms with van der Waals surface area (Å²) < 4.78 is 10.8. The van der Waals surface area contributed by atoms with Crippen LogP contribution in [0.25, 0.3) is 0 Å². The van der Waals surface area contributed by atoms with Crippen LogP contribution in [0.2, 0.25) is 0 Å². The zero-order chi connectivity index (χ0) is 16.2. The molecule has 2 heterocycles. The van der Waals surface area contributed by atoms with E-state index in [0.29, 0.717) is 11.5 Å². The van der Waals surface area contributed by atoms with Crippen molar-refractivity contribution in [3.05, 3.63) is 60.1 Å². The Kier molecular flexibility index (Phi) is 4.71. The lowest BCUT2D eigenvalue weighted by Crippen LogP contribution is -2.42. The summed E-state index contributed by atoms with van der Waals surface area (Å²) in [6.45, 7) is 1.66. The van der Waals surface area contributed by atoms with Crippen molar-refractivity contribution >= 4 is 23.6 Å². The molecule has 2 aromatic rings. The molecule has 0 bridgehead atoms. The molecule has 1 aromatic carbocycles. The fourth-order valence-electron chi connectivity index (χ4n) is 2.55. The number of rotatable bonds is 4. The molecule has 0 N–H and O–H groups in total. The molecule has 1 aromatic heterocycles. The van der Waals surface area contributed by atoms with Crippen LogP contribution in [0.5, 0.6) is 0 Å². The fourth-order valence-corrected chi connectivity index (χ4v) is 3.96. The van der Waals surface area contributed by atoms with Gasteiger partial charge < -0.3 is 14.1 Å². The Morgan fingerprint density at radius 3 is 2.70 bits per heavy atom. The van der Waals surface area contributed by atoms with Gasteiger partial charge in [-0.3, -0.25) is 4.79 Å². The minimum Gasteiger partial charge on any atom is -0.466 e. The van der Waals surface area contributed by atoms with Gasteiger partial charge in [0, 0.05) is 12.7 Å². The maximum absolute atomic E-state index is 12.4. The van der Waals surface area contributed by atoms with Crippen LogP contribution in [0.15, 0.2) is 53.1 Å². The van der Waals surface area contributed by atoms with Gasteiger partial charge in [0.05, 0.1) is 6.26 Å². The lowest BCUT2D eigenvalue weighted by molar-refractivity contribution is -0.154. The molecule has 23 heavy (non-hydrogen) atoms. The molecule has 1 amide bonds. The average molecular weight is 331 g/mol. The van der Waals surface area contributed by atoms with Gasteiger partial charge in [0.25, 0.3) is 0 Å². The smallest absolute Gasteiger partial charge is 0.330 e. The van der Waals surface area contributed by atoms with Crippen LogP contribution in [0.3, 0.4) is 0 Å². The standard InChI is InChI=1S/C17H17NO4S/c1-12(19)18-14(11-23-16(18)15-8-5-9-21-15)17(20)22-10-13-6-3-2-4-7-13/h2-9,14,16H,10-11H2,1H3/t14-,16-/m1/s1. The van der Waals surface area contributed by atoms with Crippen LogP contribution in [0.4, 0.5) is 0 Å². The summed E-state index contributed by atoms with van der Waals surface area (Å²) in [6.07, 6.45) is 1.56. The van der Waals surface area contributed by atoms with E-state index in [9.17, 15) is 9.59 Å².